The van der Waals surface area contributed by atoms with Gasteiger partial charge in [0.2, 0.25) is 5.95 Å². The largest absolute Gasteiger partial charge is 0.417 e. The second-order valence-corrected chi connectivity index (χ2v) is 13.7. The van der Waals surface area contributed by atoms with E-state index in [-0.39, 0.29) is 58.6 Å². The van der Waals surface area contributed by atoms with E-state index in [1.54, 1.807) is 23.5 Å². The molecule has 1 atom stereocenters. The van der Waals surface area contributed by atoms with Gasteiger partial charge >= 0.3 is 6.18 Å². The van der Waals surface area contributed by atoms with Gasteiger partial charge in [0.05, 0.1) is 45.6 Å². The first-order chi connectivity index (χ1) is 23.1. The van der Waals surface area contributed by atoms with Crippen molar-refractivity contribution in [2.75, 3.05) is 11.9 Å². The molecule has 258 valence electrons. The van der Waals surface area contributed by atoms with E-state index in [0.29, 0.717) is 10.9 Å². The van der Waals surface area contributed by atoms with Crippen LogP contribution in [0.5, 0.6) is 0 Å². The van der Waals surface area contributed by atoms with E-state index in [2.05, 4.69) is 10.3 Å². The average Bonchev–Trinajstić information content (AvgIpc) is 3.55. The highest BCUT2D eigenvalue weighted by atomic mass is 35.5. The third-order valence-corrected chi connectivity index (χ3v) is 10.0. The standard InChI is InChI=1S/C32H27Cl2F5N6O3S/c1-16-7-21-25(14-43(16)28(47)18-3-5-23(33)22(8-18)32(37,38)39)42-30(44(13-20-12-41-15-49-20)19-10-31(35,36)11-19)45(29(21)48)26-6-4-17(9-24(26)34)27(46)40-2/h3-6,8-9,12,15-16,19H,7,10-11,13-14H2,1-2H3,(H,40,46). The van der Waals surface area contributed by atoms with Crippen LogP contribution in [0.2, 0.25) is 10.0 Å². The molecule has 4 aromatic rings. The van der Waals surface area contributed by atoms with Gasteiger partial charge in [0.25, 0.3) is 23.3 Å². The number of nitrogens with one attached hydrogen (secondary N) is 1. The second-order valence-electron chi connectivity index (χ2n) is 11.9. The van der Waals surface area contributed by atoms with E-state index in [9.17, 15) is 36.3 Å². The Morgan fingerprint density at radius 2 is 1.82 bits per heavy atom. The topological polar surface area (TPSA) is 100 Å². The molecule has 0 radical (unpaired) electrons. The van der Waals surface area contributed by atoms with Gasteiger partial charge in [-0.15, -0.1) is 11.3 Å². The highest BCUT2D eigenvalue weighted by Crippen LogP contribution is 2.43. The summed E-state index contributed by atoms with van der Waals surface area (Å²) in [7, 11) is 1.45. The van der Waals surface area contributed by atoms with Gasteiger partial charge < -0.3 is 15.1 Å². The van der Waals surface area contributed by atoms with Gasteiger partial charge in [0.1, 0.15) is 0 Å². The van der Waals surface area contributed by atoms with E-state index in [4.69, 9.17) is 28.2 Å². The Balaban J connectivity index is 1.49. The number of alkyl halides is 5. The Hall–Kier alpha value is -4.08. The summed E-state index contributed by atoms with van der Waals surface area (Å²) in [5.74, 6) is -4.12. The van der Waals surface area contributed by atoms with E-state index in [1.807, 2.05) is 0 Å². The zero-order valence-electron chi connectivity index (χ0n) is 25.8. The highest BCUT2D eigenvalue weighted by molar-refractivity contribution is 7.09. The van der Waals surface area contributed by atoms with Crippen LogP contribution in [0.25, 0.3) is 5.69 Å². The summed E-state index contributed by atoms with van der Waals surface area (Å²) in [6, 6.07) is 5.79. The smallest absolute Gasteiger partial charge is 0.355 e. The number of nitrogens with zero attached hydrogens (tertiary/aromatic N) is 5. The van der Waals surface area contributed by atoms with Gasteiger partial charge in [-0.05, 0) is 49.7 Å². The normalized spacial score (nSPS) is 17.3. The minimum Gasteiger partial charge on any atom is -0.355 e. The molecule has 6 rings (SSSR count). The van der Waals surface area contributed by atoms with Crippen LogP contribution in [0.1, 0.15) is 62.2 Å². The van der Waals surface area contributed by atoms with Crippen LogP contribution < -0.4 is 15.8 Å². The van der Waals surface area contributed by atoms with E-state index in [0.717, 1.165) is 6.07 Å². The van der Waals surface area contributed by atoms with Crippen molar-refractivity contribution in [2.45, 2.75) is 63.5 Å². The Morgan fingerprint density at radius 3 is 2.43 bits per heavy atom. The molecule has 0 saturated heterocycles. The minimum atomic E-state index is -4.80. The van der Waals surface area contributed by atoms with Crippen LogP contribution in [0.3, 0.4) is 0 Å². The van der Waals surface area contributed by atoms with Crippen molar-refractivity contribution in [3.63, 3.8) is 0 Å². The number of carbonyl (C=O) groups is 2. The van der Waals surface area contributed by atoms with Crippen LogP contribution in [0.4, 0.5) is 27.9 Å². The van der Waals surface area contributed by atoms with Gasteiger partial charge in [-0.3, -0.25) is 19.4 Å². The number of benzene rings is 2. The number of anilines is 1. The van der Waals surface area contributed by atoms with Crippen molar-refractivity contribution < 1.29 is 31.5 Å². The Labute approximate surface area is 290 Å². The molecule has 0 bridgehead atoms. The van der Waals surface area contributed by atoms with Crippen molar-refractivity contribution in [1.29, 1.82) is 0 Å². The summed E-state index contributed by atoms with van der Waals surface area (Å²) in [6.07, 6.45) is -4.26. The van der Waals surface area contributed by atoms with Crippen LogP contribution >= 0.6 is 34.5 Å². The van der Waals surface area contributed by atoms with Crippen molar-refractivity contribution in [2.24, 2.45) is 0 Å². The average molecular weight is 742 g/mol. The van der Waals surface area contributed by atoms with Gasteiger partial charge in [-0.25, -0.2) is 18.3 Å². The van der Waals surface area contributed by atoms with Crippen molar-refractivity contribution in [3.05, 3.63) is 101 Å². The summed E-state index contributed by atoms with van der Waals surface area (Å²) in [4.78, 5) is 52.9. The predicted octanol–water partition coefficient (Wildman–Crippen LogP) is 6.77. The zero-order chi connectivity index (χ0) is 35.4. The van der Waals surface area contributed by atoms with Gasteiger partial charge in [0.15, 0.2) is 0 Å². The molecule has 17 heteroatoms. The molecule has 1 unspecified atom stereocenters. The van der Waals surface area contributed by atoms with Gasteiger partial charge in [-0.2, -0.15) is 13.2 Å². The molecule has 0 spiro atoms. The quantitative estimate of drug-likeness (QED) is 0.210. The van der Waals surface area contributed by atoms with E-state index < -0.39 is 65.0 Å². The molecule has 2 aromatic carbocycles. The molecule has 1 saturated carbocycles. The number of fused-ring (bicyclic) bond motifs is 1. The maximum Gasteiger partial charge on any atom is 0.417 e. The molecule has 1 fully saturated rings. The number of hydrogen-bond donors (Lipinski definition) is 1. The van der Waals surface area contributed by atoms with Crippen molar-refractivity contribution >= 4 is 52.3 Å². The molecule has 3 heterocycles. The van der Waals surface area contributed by atoms with Gasteiger partial charge in [0, 0.05) is 59.7 Å². The summed E-state index contributed by atoms with van der Waals surface area (Å²) in [5, 5.41) is 1.96. The monoisotopic (exact) mass is 740 g/mol. The first kappa shape index (κ1) is 34.8. The lowest BCUT2D eigenvalue weighted by molar-refractivity contribution is -0.137. The molecule has 1 aliphatic heterocycles. The van der Waals surface area contributed by atoms with Crippen molar-refractivity contribution in [1.82, 2.24) is 24.8 Å². The lowest BCUT2D eigenvalue weighted by Gasteiger charge is -2.44. The summed E-state index contributed by atoms with van der Waals surface area (Å²) < 4.78 is 70.6. The molecule has 1 aliphatic carbocycles. The summed E-state index contributed by atoms with van der Waals surface area (Å²) >= 11 is 13.7. The number of halogens is 7. The first-order valence-electron chi connectivity index (χ1n) is 14.9. The number of thiazole rings is 1. The van der Waals surface area contributed by atoms with Crippen LogP contribution in [-0.4, -0.2) is 56.3 Å². The molecular weight excluding hydrogens is 714 g/mol. The number of rotatable bonds is 7. The molecule has 9 nitrogen and oxygen atoms in total. The number of aromatic nitrogens is 3. The molecule has 1 N–H and O–H groups in total. The lowest BCUT2D eigenvalue weighted by atomic mass is 9.87. The molecule has 2 aromatic heterocycles. The van der Waals surface area contributed by atoms with E-state index in [1.165, 1.54) is 52.1 Å². The fourth-order valence-corrected chi connectivity index (χ4v) is 7.13. The van der Waals surface area contributed by atoms with Crippen LogP contribution in [-0.2, 0) is 25.7 Å². The van der Waals surface area contributed by atoms with Crippen molar-refractivity contribution in [3.8, 4) is 5.69 Å². The molecule has 2 aliphatic rings. The minimum absolute atomic E-state index is 0.0167. The first-order valence-corrected chi connectivity index (χ1v) is 16.6. The Morgan fingerprint density at radius 1 is 1.10 bits per heavy atom. The summed E-state index contributed by atoms with van der Waals surface area (Å²) in [6.45, 7) is 1.46. The third kappa shape index (κ3) is 6.75. The lowest BCUT2D eigenvalue weighted by Crippen LogP contribution is -2.53. The maximum atomic E-state index is 14.5. The van der Waals surface area contributed by atoms with Crippen LogP contribution in [0.15, 0.2) is 52.9 Å². The predicted molar refractivity (Wildman–Crippen MR) is 174 cm³/mol. The zero-order valence-corrected chi connectivity index (χ0v) is 28.2. The number of carbonyl (C=O) groups excluding carboxylic acids is 2. The Bertz CT molecular complexity index is 2000. The SMILES string of the molecule is CNC(=O)c1ccc(-n2c(N(Cc3cncs3)C3CC(F)(F)C3)nc3c(c2=O)CC(C)N(C(=O)c2ccc(Cl)c(C(F)(F)F)c2)C3)c(Cl)c1. The Kier molecular flexibility index (Phi) is 9.22. The molecule has 2 amide bonds. The molecule has 49 heavy (non-hydrogen) atoms. The fourth-order valence-electron chi connectivity index (χ4n) is 6.04. The molecular formula is C32H27Cl2F5N6O3S. The maximum absolute atomic E-state index is 14.5. The fraction of sp³-hybridized carbons (Fsp3) is 0.344. The van der Waals surface area contributed by atoms with Crippen LogP contribution in [0, 0.1) is 0 Å². The number of amides is 2. The number of hydrogen-bond acceptors (Lipinski definition) is 7. The highest BCUT2D eigenvalue weighted by Gasteiger charge is 2.49. The van der Waals surface area contributed by atoms with E-state index >= 15 is 0 Å². The summed E-state index contributed by atoms with van der Waals surface area (Å²) in [5.41, 5.74) is 0.334. The second kappa shape index (κ2) is 13.0. The van der Waals surface area contributed by atoms with Gasteiger partial charge in [-0.1, -0.05) is 23.2 Å². The third-order valence-electron chi connectivity index (χ3n) is 8.63.